The fourth-order valence-corrected chi connectivity index (χ4v) is 2.51. The van der Waals surface area contributed by atoms with Crippen LogP contribution in [0, 0.1) is 6.92 Å². The van der Waals surface area contributed by atoms with Gasteiger partial charge in [0.15, 0.2) is 0 Å². The number of nitrogen functional groups attached to an aromatic ring is 1. The van der Waals surface area contributed by atoms with E-state index in [9.17, 15) is 0 Å². The van der Waals surface area contributed by atoms with Gasteiger partial charge < -0.3 is 16.0 Å². The van der Waals surface area contributed by atoms with E-state index in [0.29, 0.717) is 6.04 Å². The van der Waals surface area contributed by atoms with Crippen LogP contribution in [-0.2, 0) is 0 Å². The van der Waals surface area contributed by atoms with E-state index in [1.54, 1.807) is 0 Å². The molecule has 94 valence electrons. The summed E-state index contributed by atoms with van der Waals surface area (Å²) in [5.74, 6) is 0. The third-order valence-corrected chi connectivity index (χ3v) is 3.38. The monoisotopic (exact) mass is 233 g/mol. The lowest BCUT2D eigenvalue weighted by molar-refractivity contribution is 0.328. The van der Waals surface area contributed by atoms with Gasteiger partial charge in [0.2, 0.25) is 0 Å². The first kappa shape index (κ1) is 12.2. The normalized spacial score (nSPS) is 18.2. The van der Waals surface area contributed by atoms with Gasteiger partial charge in [0.05, 0.1) is 0 Å². The van der Waals surface area contributed by atoms with Gasteiger partial charge in [0.1, 0.15) is 0 Å². The SMILES string of the molecule is Cc1cc(N)ccc1NC(C)CN1CCCC1. The zero-order valence-electron chi connectivity index (χ0n) is 10.9. The van der Waals surface area contributed by atoms with Crippen LogP contribution < -0.4 is 11.1 Å². The minimum Gasteiger partial charge on any atom is -0.399 e. The summed E-state index contributed by atoms with van der Waals surface area (Å²) in [7, 11) is 0. The number of aryl methyl sites for hydroxylation is 1. The van der Waals surface area contributed by atoms with Crippen LogP contribution in [0.25, 0.3) is 0 Å². The Bertz CT molecular complexity index is 370. The molecule has 0 aromatic heterocycles. The fourth-order valence-electron chi connectivity index (χ4n) is 2.51. The number of hydrogen-bond donors (Lipinski definition) is 2. The zero-order valence-corrected chi connectivity index (χ0v) is 10.9. The molecule has 1 heterocycles. The molecule has 1 aromatic rings. The maximum absolute atomic E-state index is 5.75. The lowest BCUT2D eigenvalue weighted by Gasteiger charge is -2.23. The topological polar surface area (TPSA) is 41.3 Å². The van der Waals surface area contributed by atoms with E-state index >= 15 is 0 Å². The average molecular weight is 233 g/mol. The number of nitrogens with zero attached hydrogens (tertiary/aromatic N) is 1. The summed E-state index contributed by atoms with van der Waals surface area (Å²) < 4.78 is 0. The molecule has 1 aliphatic rings. The van der Waals surface area contributed by atoms with E-state index < -0.39 is 0 Å². The highest BCUT2D eigenvalue weighted by molar-refractivity contribution is 5.57. The summed E-state index contributed by atoms with van der Waals surface area (Å²) in [5, 5.41) is 3.57. The molecule has 1 fully saturated rings. The first-order valence-electron chi connectivity index (χ1n) is 6.50. The maximum atomic E-state index is 5.75. The second-order valence-electron chi connectivity index (χ2n) is 5.13. The molecule has 0 bridgehead atoms. The number of rotatable bonds is 4. The van der Waals surface area contributed by atoms with Crippen molar-refractivity contribution in [2.75, 3.05) is 30.7 Å². The van der Waals surface area contributed by atoms with E-state index in [2.05, 4.69) is 30.1 Å². The van der Waals surface area contributed by atoms with Crippen molar-refractivity contribution in [3.8, 4) is 0 Å². The lowest BCUT2D eigenvalue weighted by Crippen LogP contribution is -2.33. The molecular weight excluding hydrogens is 210 g/mol. The highest BCUT2D eigenvalue weighted by atomic mass is 15.2. The van der Waals surface area contributed by atoms with Crippen LogP contribution in [0.1, 0.15) is 25.3 Å². The number of anilines is 2. The Morgan fingerprint density at radius 2 is 2.06 bits per heavy atom. The van der Waals surface area contributed by atoms with E-state index in [4.69, 9.17) is 5.73 Å². The minimum atomic E-state index is 0.482. The molecule has 2 rings (SSSR count). The maximum Gasteiger partial charge on any atom is 0.0373 e. The predicted molar refractivity (Wildman–Crippen MR) is 74.4 cm³/mol. The van der Waals surface area contributed by atoms with Crippen LogP contribution in [0.5, 0.6) is 0 Å². The van der Waals surface area contributed by atoms with Gasteiger partial charge in [-0.2, -0.15) is 0 Å². The molecular formula is C14H23N3. The van der Waals surface area contributed by atoms with Crippen LogP contribution in [-0.4, -0.2) is 30.6 Å². The Labute approximate surface area is 104 Å². The first-order valence-corrected chi connectivity index (χ1v) is 6.50. The molecule has 3 heteroatoms. The number of hydrogen-bond acceptors (Lipinski definition) is 3. The van der Waals surface area contributed by atoms with Gasteiger partial charge in [-0.15, -0.1) is 0 Å². The van der Waals surface area contributed by atoms with Crippen LogP contribution in [0.15, 0.2) is 18.2 Å². The van der Waals surface area contributed by atoms with E-state index in [0.717, 1.165) is 12.2 Å². The molecule has 1 aromatic carbocycles. The van der Waals surface area contributed by atoms with Crippen molar-refractivity contribution < 1.29 is 0 Å². The number of nitrogens with two attached hydrogens (primary N) is 1. The van der Waals surface area contributed by atoms with Gasteiger partial charge in [-0.1, -0.05) is 0 Å². The highest BCUT2D eigenvalue weighted by Crippen LogP contribution is 2.19. The van der Waals surface area contributed by atoms with Gasteiger partial charge in [-0.25, -0.2) is 0 Å². The van der Waals surface area contributed by atoms with Crippen molar-refractivity contribution in [3.63, 3.8) is 0 Å². The van der Waals surface area contributed by atoms with Crippen molar-refractivity contribution in [1.82, 2.24) is 4.90 Å². The second kappa shape index (κ2) is 5.41. The lowest BCUT2D eigenvalue weighted by atomic mass is 10.1. The summed E-state index contributed by atoms with van der Waals surface area (Å²) in [6.45, 7) is 7.98. The summed E-state index contributed by atoms with van der Waals surface area (Å²) in [5.41, 5.74) is 9.01. The molecule has 0 spiro atoms. The largest absolute Gasteiger partial charge is 0.399 e. The van der Waals surface area contributed by atoms with Gasteiger partial charge in [0, 0.05) is 24.0 Å². The van der Waals surface area contributed by atoms with Gasteiger partial charge in [0.25, 0.3) is 0 Å². The molecule has 17 heavy (non-hydrogen) atoms. The molecule has 1 aliphatic heterocycles. The molecule has 3 N–H and O–H groups in total. The third kappa shape index (κ3) is 3.37. The second-order valence-corrected chi connectivity index (χ2v) is 5.13. The average Bonchev–Trinajstić information content (AvgIpc) is 2.75. The number of nitrogens with one attached hydrogen (secondary N) is 1. The quantitative estimate of drug-likeness (QED) is 0.785. The molecule has 1 saturated heterocycles. The van der Waals surface area contributed by atoms with E-state index in [1.165, 1.54) is 37.2 Å². The summed E-state index contributed by atoms with van der Waals surface area (Å²) in [6.07, 6.45) is 2.71. The van der Waals surface area contributed by atoms with Crippen molar-refractivity contribution in [2.24, 2.45) is 0 Å². The Morgan fingerprint density at radius 3 is 2.71 bits per heavy atom. The molecule has 1 atom stereocenters. The van der Waals surface area contributed by atoms with Crippen molar-refractivity contribution in [3.05, 3.63) is 23.8 Å². The summed E-state index contributed by atoms with van der Waals surface area (Å²) in [4.78, 5) is 2.53. The van der Waals surface area contributed by atoms with Crippen molar-refractivity contribution >= 4 is 11.4 Å². The highest BCUT2D eigenvalue weighted by Gasteiger charge is 2.14. The zero-order chi connectivity index (χ0) is 12.3. The Kier molecular flexibility index (Phi) is 3.89. The van der Waals surface area contributed by atoms with Gasteiger partial charge >= 0.3 is 0 Å². The first-order chi connectivity index (χ1) is 8.15. The Balaban J connectivity index is 1.90. The van der Waals surface area contributed by atoms with E-state index in [-0.39, 0.29) is 0 Å². The summed E-state index contributed by atoms with van der Waals surface area (Å²) >= 11 is 0. The molecule has 0 aliphatic carbocycles. The molecule has 3 nitrogen and oxygen atoms in total. The number of benzene rings is 1. The van der Waals surface area contributed by atoms with Crippen LogP contribution in [0.2, 0.25) is 0 Å². The molecule has 0 saturated carbocycles. The standard InChI is InChI=1S/C14H23N3/c1-11-9-13(15)5-6-14(11)16-12(2)10-17-7-3-4-8-17/h5-6,9,12,16H,3-4,7-8,10,15H2,1-2H3. The molecule has 0 amide bonds. The summed E-state index contributed by atoms with van der Waals surface area (Å²) in [6, 6.07) is 6.53. The van der Waals surface area contributed by atoms with Crippen molar-refractivity contribution in [1.29, 1.82) is 0 Å². The molecule has 0 radical (unpaired) electrons. The number of likely N-dealkylation sites (tertiary alicyclic amines) is 1. The van der Waals surface area contributed by atoms with Gasteiger partial charge in [-0.3, -0.25) is 0 Å². The third-order valence-electron chi connectivity index (χ3n) is 3.38. The minimum absolute atomic E-state index is 0.482. The Morgan fingerprint density at radius 1 is 1.35 bits per heavy atom. The predicted octanol–water partition coefficient (Wildman–Crippen LogP) is 2.47. The van der Waals surface area contributed by atoms with Gasteiger partial charge in [-0.05, 0) is 63.5 Å². The van der Waals surface area contributed by atoms with Crippen LogP contribution in [0.4, 0.5) is 11.4 Å². The Hall–Kier alpha value is -1.22. The van der Waals surface area contributed by atoms with Crippen molar-refractivity contribution in [2.45, 2.75) is 32.7 Å². The van der Waals surface area contributed by atoms with Crippen LogP contribution in [0.3, 0.4) is 0 Å². The fraction of sp³-hybridized carbons (Fsp3) is 0.571. The smallest absolute Gasteiger partial charge is 0.0373 e. The molecule has 1 unspecified atom stereocenters. The van der Waals surface area contributed by atoms with E-state index in [1.807, 2.05) is 12.1 Å². The van der Waals surface area contributed by atoms with Crippen LogP contribution >= 0.6 is 0 Å².